The van der Waals surface area contributed by atoms with E-state index in [1.165, 1.54) is 0 Å². The molecule has 2 heterocycles. The van der Waals surface area contributed by atoms with E-state index in [0.29, 0.717) is 17.9 Å². The number of hydrogen-bond acceptors (Lipinski definition) is 4. The van der Waals surface area contributed by atoms with E-state index in [2.05, 4.69) is 11.1 Å². The summed E-state index contributed by atoms with van der Waals surface area (Å²) in [6, 6.07) is 3.71. The average Bonchev–Trinajstić information content (AvgIpc) is 2.71. The zero-order valence-corrected chi connectivity index (χ0v) is 7.64. The Labute approximate surface area is 82.1 Å². The Kier molecular flexibility index (Phi) is 2.61. The van der Waals surface area contributed by atoms with Gasteiger partial charge in [-0.1, -0.05) is 0 Å². The first-order valence-electron chi connectivity index (χ1n) is 4.48. The molecule has 4 nitrogen and oxygen atoms in total. The standard InChI is InChI=1S/C10H10N2O2/c11-5-8-1-3-12-6-10(8)14-9-2-4-13-7-9/h1,3,6,9H,2,4,7H2/t9-/m0/s1. The minimum absolute atomic E-state index is 0.0614. The summed E-state index contributed by atoms with van der Waals surface area (Å²) in [7, 11) is 0. The predicted octanol–water partition coefficient (Wildman–Crippen LogP) is 1.12. The second-order valence-corrected chi connectivity index (χ2v) is 3.09. The van der Waals surface area contributed by atoms with Crippen molar-refractivity contribution in [1.82, 2.24) is 4.98 Å². The van der Waals surface area contributed by atoms with Crippen molar-refractivity contribution in [3.05, 3.63) is 24.0 Å². The summed E-state index contributed by atoms with van der Waals surface area (Å²) in [5.41, 5.74) is 0.520. The zero-order valence-electron chi connectivity index (χ0n) is 7.64. The molecule has 4 heteroatoms. The number of ether oxygens (including phenoxy) is 2. The fourth-order valence-electron chi connectivity index (χ4n) is 1.35. The maximum Gasteiger partial charge on any atom is 0.155 e. The van der Waals surface area contributed by atoms with E-state index in [1.54, 1.807) is 18.5 Å². The van der Waals surface area contributed by atoms with Crippen LogP contribution in [-0.2, 0) is 4.74 Å². The normalized spacial score (nSPS) is 20.4. The van der Waals surface area contributed by atoms with Crippen molar-refractivity contribution < 1.29 is 9.47 Å². The van der Waals surface area contributed by atoms with Crippen LogP contribution in [0.3, 0.4) is 0 Å². The lowest BCUT2D eigenvalue weighted by Gasteiger charge is -2.11. The van der Waals surface area contributed by atoms with Gasteiger partial charge in [0, 0.05) is 12.6 Å². The average molecular weight is 190 g/mol. The third-order valence-electron chi connectivity index (χ3n) is 2.09. The van der Waals surface area contributed by atoms with Gasteiger partial charge in [-0.3, -0.25) is 4.98 Å². The number of rotatable bonds is 2. The van der Waals surface area contributed by atoms with Crippen molar-refractivity contribution in [3.8, 4) is 11.8 Å². The molecule has 0 spiro atoms. The van der Waals surface area contributed by atoms with Crippen molar-refractivity contribution in [2.75, 3.05) is 13.2 Å². The molecule has 2 rings (SSSR count). The lowest BCUT2D eigenvalue weighted by atomic mass is 10.2. The molecule has 0 radical (unpaired) electrons. The van der Waals surface area contributed by atoms with Crippen molar-refractivity contribution in [2.24, 2.45) is 0 Å². The zero-order chi connectivity index (χ0) is 9.80. The summed E-state index contributed by atoms with van der Waals surface area (Å²) in [4.78, 5) is 3.92. The number of nitrogens with zero attached hydrogens (tertiary/aromatic N) is 2. The Balaban J connectivity index is 2.11. The van der Waals surface area contributed by atoms with Gasteiger partial charge >= 0.3 is 0 Å². The Morgan fingerprint density at radius 3 is 3.29 bits per heavy atom. The van der Waals surface area contributed by atoms with E-state index in [9.17, 15) is 0 Å². The summed E-state index contributed by atoms with van der Waals surface area (Å²) in [5.74, 6) is 0.547. The minimum atomic E-state index is 0.0614. The van der Waals surface area contributed by atoms with E-state index < -0.39 is 0 Å². The summed E-state index contributed by atoms with van der Waals surface area (Å²) >= 11 is 0. The van der Waals surface area contributed by atoms with E-state index in [-0.39, 0.29) is 6.10 Å². The molecule has 1 aromatic heterocycles. The quantitative estimate of drug-likeness (QED) is 0.701. The molecule has 1 aliphatic rings. The van der Waals surface area contributed by atoms with Crippen LogP contribution < -0.4 is 4.74 Å². The number of pyridine rings is 1. The van der Waals surface area contributed by atoms with Crippen LogP contribution in [0.15, 0.2) is 18.5 Å². The summed E-state index contributed by atoms with van der Waals surface area (Å²) < 4.78 is 10.8. The molecule has 1 aromatic rings. The van der Waals surface area contributed by atoms with Crippen molar-refractivity contribution in [1.29, 1.82) is 5.26 Å². The molecule has 1 fully saturated rings. The largest absolute Gasteiger partial charge is 0.485 e. The molecule has 0 amide bonds. The summed E-state index contributed by atoms with van der Waals surface area (Å²) in [5, 5.41) is 8.80. The van der Waals surface area contributed by atoms with Crippen LogP contribution in [0.25, 0.3) is 0 Å². The molecule has 1 saturated heterocycles. The monoisotopic (exact) mass is 190 g/mol. The predicted molar refractivity (Wildman–Crippen MR) is 48.8 cm³/mol. The molecule has 0 unspecified atom stereocenters. The Bertz CT molecular complexity index is 353. The van der Waals surface area contributed by atoms with Gasteiger partial charge in [0.2, 0.25) is 0 Å². The molecule has 0 bridgehead atoms. The topological polar surface area (TPSA) is 55.1 Å². The molecular weight excluding hydrogens is 180 g/mol. The Morgan fingerprint density at radius 1 is 1.64 bits per heavy atom. The molecule has 0 saturated carbocycles. The van der Waals surface area contributed by atoms with E-state index >= 15 is 0 Å². The van der Waals surface area contributed by atoms with Crippen molar-refractivity contribution in [2.45, 2.75) is 12.5 Å². The molecule has 0 aromatic carbocycles. The van der Waals surface area contributed by atoms with Gasteiger partial charge in [-0.25, -0.2) is 0 Å². The van der Waals surface area contributed by atoms with Crippen molar-refractivity contribution in [3.63, 3.8) is 0 Å². The van der Waals surface area contributed by atoms with Gasteiger partial charge in [-0.05, 0) is 6.07 Å². The van der Waals surface area contributed by atoms with E-state index in [0.717, 1.165) is 13.0 Å². The van der Waals surface area contributed by atoms with Gasteiger partial charge in [-0.15, -0.1) is 0 Å². The first-order valence-corrected chi connectivity index (χ1v) is 4.48. The molecule has 14 heavy (non-hydrogen) atoms. The van der Waals surface area contributed by atoms with Crippen molar-refractivity contribution >= 4 is 0 Å². The minimum Gasteiger partial charge on any atom is -0.485 e. The van der Waals surface area contributed by atoms with Gasteiger partial charge in [0.15, 0.2) is 5.75 Å². The molecule has 1 aliphatic heterocycles. The highest BCUT2D eigenvalue weighted by molar-refractivity contribution is 5.40. The van der Waals surface area contributed by atoms with Gasteiger partial charge in [0.1, 0.15) is 12.2 Å². The SMILES string of the molecule is N#Cc1ccncc1O[C@H]1CCOC1. The smallest absolute Gasteiger partial charge is 0.155 e. The highest BCUT2D eigenvalue weighted by Gasteiger charge is 2.18. The van der Waals surface area contributed by atoms with Crippen LogP contribution in [0, 0.1) is 11.3 Å². The second-order valence-electron chi connectivity index (χ2n) is 3.09. The first-order chi connectivity index (χ1) is 6.90. The Morgan fingerprint density at radius 2 is 2.57 bits per heavy atom. The first kappa shape index (κ1) is 8.97. The summed E-state index contributed by atoms with van der Waals surface area (Å²) in [6.45, 7) is 1.33. The maximum atomic E-state index is 8.80. The molecular formula is C10H10N2O2. The lowest BCUT2D eigenvalue weighted by Crippen LogP contribution is -2.16. The fourth-order valence-corrected chi connectivity index (χ4v) is 1.35. The fraction of sp³-hybridized carbons (Fsp3) is 0.400. The highest BCUT2D eigenvalue weighted by Crippen LogP contribution is 2.19. The third kappa shape index (κ3) is 1.83. The van der Waals surface area contributed by atoms with E-state index in [4.69, 9.17) is 14.7 Å². The number of hydrogen-bond donors (Lipinski definition) is 0. The van der Waals surface area contributed by atoms with Crippen LogP contribution in [-0.4, -0.2) is 24.3 Å². The van der Waals surface area contributed by atoms with E-state index in [1.807, 2.05) is 0 Å². The van der Waals surface area contributed by atoms with Crippen LogP contribution in [0.1, 0.15) is 12.0 Å². The van der Waals surface area contributed by atoms with Crippen LogP contribution in [0.5, 0.6) is 5.75 Å². The lowest BCUT2D eigenvalue weighted by molar-refractivity contribution is 0.141. The molecule has 72 valence electrons. The number of nitriles is 1. The van der Waals surface area contributed by atoms with Gasteiger partial charge < -0.3 is 9.47 Å². The van der Waals surface area contributed by atoms with Gasteiger partial charge in [0.05, 0.1) is 25.0 Å². The van der Waals surface area contributed by atoms with Gasteiger partial charge in [-0.2, -0.15) is 5.26 Å². The van der Waals surface area contributed by atoms with Crippen LogP contribution >= 0.6 is 0 Å². The molecule has 0 N–H and O–H groups in total. The Hall–Kier alpha value is -1.60. The molecule has 1 atom stereocenters. The molecule has 0 aliphatic carbocycles. The van der Waals surface area contributed by atoms with Crippen LogP contribution in [0.2, 0.25) is 0 Å². The maximum absolute atomic E-state index is 8.80. The number of aromatic nitrogens is 1. The van der Waals surface area contributed by atoms with Gasteiger partial charge in [0.25, 0.3) is 0 Å². The summed E-state index contributed by atoms with van der Waals surface area (Å²) in [6.07, 6.45) is 4.08. The highest BCUT2D eigenvalue weighted by atomic mass is 16.5. The third-order valence-corrected chi connectivity index (χ3v) is 2.09. The van der Waals surface area contributed by atoms with Crippen LogP contribution in [0.4, 0.5) is 0 Å². The second kappa shape index (κ2) is 4.07.